The van der Waals surface area contributed by atoms with Crippen molar-refractivity contribution in [3.8, 4) is 6.07 Å². The monoisotopic (exact) mass is 451 g/mol. The van der Waals surface area contributed by atoms with Gasteiger partial charge in [-0.3, -0.25) is 0 Å². The van der Waals surface area contributed by atoms with Crippen molar-refractivity contribution in [2.24, 2.45) is 7.05 Å². The van der Waals surface area contributed by atoms with E-state index >= 15 is 0 Å². The van der Waals surface area contributed by atoms with Gasteiger partial charge < -0.3 is 0 Å². The first-order chi connectivity index (χ1) is 11.8. The fraction of sp³-hybridized carbons (Fsp3) is 0.810. The predicted octanol–water partition coefficient (Wildman–Crippen LogP) is 5.28. The first-order valence-electron chi connectivity index (χ1n) is 10.1. The Morgan fingerprint density at radius 2 is 1.52 bits per heavy atom. The van der Waals surface area contributed by atoms with Crippen LogP contribution in [0, 0.1) is 11.3 Å². The molecule has 1 aromatic heterocycles. The van der Waals surface area contributed by atoms with Gasteiger partial charge in [0, 0.05) is 0 Å². The molecule has 0 atom stereocenters. The number of rotatable bonds is 12. The summed E-state index contributed by atoms with van der Waals surface area (Å²) >= 11 is -0.794. The van der Waals surface area contributed by atoms with E-state index < -0.39 is 26.6 Å². The van der Waals surface area contributed by atoms with Crippen LogP contribution in [0.2, 0.25) is 3.43 Å². The number of hydrogen-bond acceptors (Lipinski definition) is 2. The summed E-state index contributed by atoms with van der Waals surface area (Å²) in [5.74, 6) is 0. The molecule has 0 N–H and O–H groups in total. The summed E-state index contributed by atoms with van der Waals surface area (Å²) in [6.07, 6.45) is 12.1. The standard InChI is InChI=1S/C13H27.C8H10N3.Sn/c1-4-7-10-13(11-8-5-2)12-9-6-3;1-8(2,6-9)7-4-5-11(3)10-7;/h4-12H2,1-3H3;4H,1-3H3;. The second-order valence-electron chi connectivity index (χ2n) is 7.99. The summed E-state index contributed by atoms with van der Waals surface area (Å²) in [7, 11) is 2.08. The SMILES string of the molecule is CCCC[C](CCCC)(CCCC)[Sn][c]1cc(C(C)(C)C#N)nn1C. The van der Waals surface area contributed by atoms with E-state index in [0.29, 0.717) is 3.43 Å². The van der Waals surface area contributed by atoms with Crippen LogP contribution in [0.1, 0.15) is 98.1 Å². The third-order valence-corrected chi connectivity index (χ3v) is 10.9. The molecule has 2 radical (unpaired) electrons. The van der Waals surface area contributed by atoms with E-state index in [4.69, 9.17) is 5.10 Å². The van der Waals surface area contributed by atoms with Gasteiger partial charge in [-0.2, -0.15) is 0 Å². The molecule has 0 bridgehead atoms. The van der Waals surface area contributed by atoms with Gasteiger partial charge in [-0.15, -0.1) is 0 Å². The molecular weight excluding hydrogens is 413 g/mol. The average Bonchev–Trinajstić information content (AvgIpc) is 2.97. The molecule has 1 rings (SSSR count). The Bertz CT molecular complexity index is 532. The van der Waals surface area contributed by atoms with Gasteiger partial charge in [-0.25, -0.2) is 0 Å². The molecule has 0 fully saturated rings. The summed E-state index contributed by atoms with van der Waals surface area (Å²) in [6, 6.07) is 4.66. The van der Waals surface area contributed by atoms with Crippen molar-refractivity contribution < 1.29 is 0 Å². The molecule has 0 aliphatic rings. The van der Waals surface area contributed by atoms with Crippen LogP contribution in [0.4, 0.5) is 0 Å². The zero-order valence-corrected chi connectivity index (χ0v) is 20.1. The van der Waals surface area contributed by atoms with Crippen LogP contribution in [-0.4, -0.2) is 30.9 Å². The zero-order chi connectivity index (χ0) is 18.9. The molecule has 0 saturated carbocycles. The number of nitrogens with zero attached hydrogens (tertiary/aromatic N) is 3. The van der Waals surface area contributed by atoms with E-state index in [-0.39, 0.29) is 0 Å². The van der Waals surface area contributed by atoms with Crippen molar-refractivity contribution in [2.75, 3.05) is 0 Å². The van der Waals surface area contributed by atoms with Crippen molar-refractivity contribution in [1.29, 1.82) is 5.26 Å². The van der Waals surface area contributed by atoms with Gasteiger partial charge in [0.15, 0.2) is 0 Å². The maximum absolute atomic E-state index is 9.44. The molecule has 1 heterocycles. The normalized spacial score (nSPS) is 12.4. The van der Waals surface area contributed by atoms with Crippen LogP contribution >= 0.6 is 0 Å². The van der Waals surface area contributed by atoms with Crippen LogP contribution in [0.25, 0.3) is 0 Å². The van der Waals surface area contributed by atoms with Crippen LogP contribution < -0.4 is 3.71 Å². The Morgan fingerprint density at radius 3 is 1.92 bits per heavy atom. The van der Waals surface area contributed by atoms with Gasteiger partial charge in [0.25, 0.3) is 0 Å². The quantitative estimate of drug-likeness (QED) is 0.407. The van der Waals surface area contributed by atoms with Crippen molar-refractivity contribution in [1.82, 2.24) is 9.78 Å². The van der Waals surface area contributed by atoms with Crippen molar-refractivity contribution in [2.45, 2.75) is 101 Å². The maximum atomic E-state index is 9.44. The summed E-state index contributed by atoms with van der Waals surface area (Å²) in [4.78, 5) is 0. The number of aromatic nitrogens is 2. The molecule has 0 saturated heterocycles. The first kappa shape index (κ1) is 22.5. The van der Waals surface area contributed by atoms with Crippen molar-refractivity contribution in [3.05, 3.63) is 11.8 Å². The van der Waals surface area contributed by atoms with Crippen LogP contribution in [0.15, 0.2) is 6.07 Å². The molecule has 0 aliphatic carbocycles. The van der Waals surface area contributed by atoms with Crippen LogP contribution in [-0.2, 0) is 12.5 Å². The Balaban J connectivity index is 3.12. The van der Waals surface area contributed by atoms with E-state index in [0.717, 1.165) is 5.69 Å². The van der Waals surface area contributed by atoms with Gasteiger partial charge >= 0.3 is 166 Å². The Hall–Kier alpha value is -0.501. The number of nitriles is 1. The molecule has 25 heavy (non-hydrogen) atoms. The van der Waals surface area contributed by atoms with Crippen LogP contribution in [0.5, 0.6) is 0 Å². The van der Waals surface area contributed by atoms with E-state index in [1.807, 2.05) is 13.8 Å². The predicted molar refractivity (Wildman–Crippen MR) is 109 cm³/mol. The van der Waals surface area contributed by atoms with E-state index in [9.17, 15) is 5.26 Å². The second kappa shape index (κ2) is 10.6. The third kappa shape index (κ3) is 6.62. The van der Waals surface area contributed by atoms with E-state index in [1.165, 1.54) is 61.5 Å². The summed E-state index contributed by atoms with van der Waals surface area (Å²) in [5.41, 5.74) is 0.456. The summed E-state index contributed by atoms with van der Waals surface area (Å²) < 4.78 is 4.12. The minimum absolute atomic E-state index is 0.492. The molecule has 0 aromatic carbocycles. The fourth-order valence-electron chi connectivity index (χ4n) is 3.33. The van der Waals surface area contributed by atoms with Crippen LogP contribution in [0.3, 0.4) is 0 Å². The number of hydrogen-bond donors (Lipinski definition) is 0. The molecule has 0 amide bonds. The third-order valence-electron chi connectivity index (χ3n) is 5.22. The van der Waals surface area contributed by atoms with Gasteiger partial charge in [-0.05, 0) is 0 Å². The number of unbranched alkanes of at least 4 members (excludes halogenated alkanes) is 3. The van der Waals surface area contributed by atoms with Gasteiger partial charge in [0.05, 0.1) is 0 Å². The minimum atomic E-state index is -0.794. The first-order valence-corrected chi connectivity index (χ1v) is 12.9. The summed E-state index contributed by atoms with van der Waals surface area (Å²) in [5, 5.41) is 14.2. The summed E-state index contributed by atoms with van der Waals surface area (Å²) in [6.45, 7) is 10.9. The Labute approximate surface area is 165 Å². The van der Waals surface area contributed by atoms with Gasteiger partial charge in [0.1, 0.15) is 0 Å². The van der Waals surface area contributed by atoms with E-state index in [2.05, 4.69) is 44.6 Å². The van der Waals surface area contributed by atoms with Gasteiger partial charge in [0.2, 0.25) is 0 Å². The van der Waals surface area contributed by atoms with E-state index in [1.54, 1.807) is 0 Å². The van der Waals surface area contributed by atoms with Crippen molar-refractivity contribution >= 4 is 24.9 Å². The molecule has 0 aliphatic heterocycles. The topological polar surface area (TPSA) is 41.6 Å². The molecule has 4 heteroatoms. The van der Waals surface area contributed by atoms with Gasteiger partial charge in [-0.1, -0.05) is 0 Å². The molecule has 3 nitrogen and oxygen atoms in total. The Kier molecular flexibility index (Phi) is 9.56. The second-order valence-corrected chi connectivity index (χ2v) is 13.2. The van der Waals surface area contributed by atoms with Crippen molar-refractivity contribution in [3.63, 3.8) is 0 Å². The zero-order valence-electron chi connectivity index (χ0n) is 17.3. The molecule has 0 spiro atoms. The molecular formula is C21H37N3Sn. The molecule has 140 valence electrons. The molecule has 0 unspecified atom stereocenters. The fourth-order valence-corrected chi connectivity index (χ4v) is 8.66. The molecule has 1 aromatic rings. The number of aryl methyl sites for hydroxylation is 1. The Morgan fingerprint density at radius 1 is 1.04 bits per heavy atom. The average molecular weight is 450 g/mol.